The number of ether oxygens (including phenoxy) is 3. The number of esters is 2. The zero-order valence-corrected chi connectivity index (χ0v) is 17.0. The Morgan fingerprint density at radius 3 is 2.52 bits per heavy atom. The molecular weight excluding hydrogens is 406 g/mol. The molecule has 1 atom stereocenters. The van der Waals surface area contributed by atoms with Crippen molar-refractivity contribution in [2.45, 2.75) is 12.3 Å². The number of hydrogen-bond donors (Lipinski definition) is 2. The number of para-hydroxylation sites is 1. The number of allylic oxidation sites excluding steroid dienone is 1. The smallest absolute Gasteiger partial charge is 0.340 e. The fourth-order valence-electron chi connectivity index (χ4n) is 3.95. The van der Waals surface area contributed by atoms with Crippen LogP contribution in [0.2, 0.25) is 0 Å². The van der Waals surface area contributed by atoms with E-state index in [2.05, 4.69) is 6.58 Å². The van der Waals surface area contributed by atoms with E-state index in [9.17, 15) is 19.2 Å². The van der Waals surface area contributed by atoms with Gasteiger partial charge in [0.1, 0.15) is 35.5 Å². The Bertz CT molecular complexity index is 1070. The van der Waals surface area contributed by atoms with E-state index in [0.717, 1.165) is 12.0 Å². The summed E-state index contributed by atoms with van der Waals surface area (Å²) >= 11 is 0. The first-order valence-corrected chi connectivity index (χ1v) is 9.17. The summed E-state index contributed by atoms with van der Waals surface area (Å²) in [4.78, 5) is 52.6. The highest BCUT2D eigenvalue weighted by Gasteiger charge is 2.63. The van der Waals surface area contributed by atoms with Gasteiger partial charge in [0.05, 0.1) is 7.11 Å². The number of nitrogens with zero attached hydrogens (tertiary/aromatic N) is 1. The highest BCUT2D eigenvalue weighted by Crippen LogP contribution is 2.54. The number of fused-ring (bicyclic) bond motifs is 2. The molecule has 0 aromatic heterocycles. The lowest BCUT2D eigenvalue weighted by Gasteiger charge is -2.36. The van der Waals surface area contributed by atoms with Gasteiger partial charge in [-0.1, -0.05) is 30.9 Å². The van der Waals surface area contributed by atoms with Gasteiger partial charge in [0.15, 0.2) is 0 Å². The number of methoxy groups -OCH3 is 1. The van der Waals surface area contributed by atoms with Crippen molar-refractivity contribution in [3.63, 3.8) is 0 Å². The fourth-order valence-corrected chi connectivity index (χ4v) is 3.95. The van der Waals surface area contributed by atoms with Crippen LogP contribution in [0.15, 0.2) is 59.7 Å². The molecule has 3 rings (SSSR count). The molecule has 2 amide bonds. The van der Waals surface area contributed by atoms with E-state index in [-0.39, 0.29) is 29.2 Å². The van der Waals surface area contributed by atoms with Crippen molar-refractivity contribution in [1.82, 2.24) is 0 Å². The van der Waals surface area contributed by atoms with Gasteiger partial charge in [-0.25, -0.2) is 9.59 Å². The average molecular weight is 427 g/mol. The molecule has 0 saturated heterocycles. The van der Waals surface area contributed by atoms with E-state index < -0.39 is 47.2 Å². The molecule has 1 aromatic carbocycles. The highest BCUT2D eigenvalue weighted by molar-refractivity contribution is 6.23. The normalized spacial score (nSPS) is 19.8. The topological polar surface area (TPSA) is 151 Å². The molecule has 31 heavy (non-hydrogen) atoms. The van der Waals surface area contributed by atoms with Crippen molar-refractivity contribution in [2.75, 3.05) is 25.2 Å². The number of carbonyl (C=O) groups is 4. The third-order valence-corrected chi connectivity index (χ3v) is 5.02. The van der Waals surface area contributed by atoms with Crippen molar-refractivity contribution >= 4 is 29.4 Å². The Kier molecular flexibility index (Phi) is 5.56. The number of anilines is 1. The van der Waals surface area contributed by atoms with Crippen LogP contribution in [0.4, 0.5) is 5.69 Å². The Morgan fingerprint density at radius 1 is 1.23 bits per heavy atom. The van der Waals surface area contributed by atoms with Crippen LogP contribution in [0.5, 0.6) is 0 Å². The van der Waals surface area contributed by atoms with Crippen LogP contribution in [0.3, 0.4) is 0 Å². The number of nitrogens with two attached hydrogens (primary N) is 2. The molecule has 10 heteroatoms. The van der Waals surface area contributed by atoms with Gasteiger partial charge in [0, 0.05) is 11.3 Å². The molecule has 2 aliphatic rings. The number of benzene rings is 1. The average Bonchev–Trinajstić information content (AvgIpc) is 2.95. The lowest BCUT2D eigenvalue weighted by molar-refractivity contribution is -0.142. The second-order valence-corrected chi connectivity index (χ2v) is 6.78. The molecule has 162 valence electrons. The van der Waals surface area contributed by atoms with Gasteiger partial charge in [-0.3, -0.25) is 9.59 Å². The van der Waals surface area contributed by atoms with E-state index in [1.807, 2.05) is 0 Å². The molecular formula is C21H21N3O7. The van der Waals surface area contributed by atoms with Gasteiger partial charge in [-0.15, -0.1) is 0 Å². The molecule has 1 aromatic rings. The van der Waals surface area contributed by atoms with Gasteiger partial charge in [0.25, 0.3) is 0 Å². The third-order valence-electron chi connectivity index (χ3n) is 5.02. The lowest BCUT2D eigenvalue weighted by Crippen LogP contribution is -2.51. The van der Waals surface area contributed by atoms with E-state index in [4.69, 9.17) is 25.7 Å². The maximum atomic E-state index is 13.9. The summed E-state index contributed by atoms with van der Waals surface area (Å²) in [5.41, 5.74) is 9.18. The monoisotopic (exact) mass is 427 g/mol. The van der Waals surface area contributed by atoms with Crippen LogP contribution in [0, 0.1) is 0 Å². The summed E-state index contributed by atoms with van der Waals surface area (Å²) in [6.45, 7) is 4.27. The van der Waals surface area contributed by atoms with Crippen molar-refractivity contribution in [3.05, 3.63) is 65.3 Å². The second kappa shape index (κ2) is 7.98. The Hall–Kier alpha value is -4.08. The van der Waals surface area contributed by atoms with Crippen LogP contribution in [0.25, 0.3) is 0 Å². The molecule has 0 bridgehead atoms. The largest absolute Gasteiger partial charge is 0.465 e. The quantitative estimate of drug-likeness (QED) is 0.480. The molecule has 0 fully saturated rings. The minimum Gasteiger partial charge on any atom is -0.465 e. The van der Waals surface area contributed by atoms with Gasteiger partial charge < -0.3 is 30.6 Å². The Balaban J connectivity index is 2.41. The number of hydrogen-bond acceptors (Lipinski definition) is 8. The molecule has 0 saturated carbocycles. The van der Waals surface area contributed by atoms with E-state index >= 15 is 0 Å². The maximum Gasteiger partial charge on any atom is 0.340 e. The predicted molar refractivity (Wildman–Crippen MR) is 108 cm³/mol. The molecule has 1 spiro atoms. The molecule has 2 aliphatic heterocycles. The number of primary amides is 1. The number of rotatable bonds is 6. The first kappa shape index (κ1) is 21.6. The molecule has 4 N–H and O–H groups in total. The standard InChI is InChI=1S/C21H21N3O7/c1-4-9-30-19(27)15-11(2)31-17(23)16(18(26)29-3)21(15)12-7-5-6-8-13(12)24(20(21)28)10-14(22)25/h4-8H,1,9-10,23H2,2-3H3,(H2,22,25). The van der Waals surface area contributed by atoms with Crippen molar-refractivity contribution < 1.29 is 33.4 Å². The van der Waals surface area contributed by atoms with E-state index in [1.54, 1.807) is 24.3 Å². The zero-order chi connectivity index (χ0) is 22.9. The predicted octanol–water partition coefficient (Wildman–Crippen LogP) is 0.133. The van der Waals surface area contributed by atoms with Crippen LogP contribution >= 0.6 is 0 Å². The number of carbonyl (C=O) groups excluding carboxylic acids is 4. The summed E-state index contributed by atoms with van der Waals surface area (Å²) in [6.07, 6.45) is 1.35. The minimum absolute atomic E-state index is 0.0386. The maximum absolute atomic E-state index is 13.9. The van der Waals surface area contributed by atoms with Gasteiger partial charge >= 0.3 is 11.9 Å². The summed E-state index contributed by atoms with van der Waals surface area (Å²) in [7, 11) is 1.10. The fraction of sp³-hybridized carbons (Fsp3) is 0.238. The summed E-state index contributed by atoms with van der Waals surface area (Å²) in [5, 5.41) is 0. The van der Waals surface area contributed by atoms with E-state index in [0.29, 0.717) is 0 Å². The Labute approximate surface area is 177 Å². The summed E-state index contributed by atoms with van der Waals surface area (Å²) in [6, 6.07) is 6.36. The van der Waals surface area contributed by atoms with Crippen LogP contribution in [-0.2, 0) is 38.8 Å². The van der Waals surface area contributed by atoms with Gasteiger partial charge in [0.2, 0.25) is 17.7 Å². The van der Waals surface area contributed by atoms with Crippen molar-refractivity contribution in [3.8, 4) is 0 Å². The highest BCUT2D eigenvalue weighted by atomic mass is 16.5. The summed E-state index contributed by atoms with van der Waals surface area (Å²) < 4.78 is 15.5. The molecule has 10 nitrogen and oxygen atoms in total. The van der Waals surface area contributed by atoms with E-state index in [1.165, 1.54) is 13.0 Å². The van der Waals surface area contributed by atoms with Crippen LogP contribution in [0.1, 0.15) is 12.5 Å². The second-order valence-electron chi connectivity index (χ2n) is 6.78. The van der Waals surface area contributed by atoms with Gasteiger partial charge in [-0.05, 0) is 13.0 Å². The molecule has 2 heterocycles. The SMILES string of the molecule is C=CCOC(=O)C1=C(C)OC(N)=C(C(=O)OC)C12C(=O)N(CC(N)=O)c1ccccc12. The minimum atomic E-state index is -2.05. The molecule has 0 aliphatic carbocycles. The van der Waals surface area contributed by atoms with Crippen molar-refractivity contribution in [1.29, 1.82) is 0 Å². The number of amides is 2. The van der Waals surface area contributed by atoms with Crippen molar-refractivity contribution in [2.24, 2.45) is 11.5 Å². The Morgan fingerprint density at radius 2 is 1.90 bits per heavy atom. The van der Waals surface area contributed by atoms with Crippen LogP contribution < -0.4 is 16.4 Å². The van der Waals surface area contributed by atoms with Crippen LogP contribution in [-0.4, -0.2) is 44.0 Å². The molecule has 1 unspecified atom stereocenters. The zero-order valence-electron chi connectivity index (χ0n) is 17.0. The third kappa shape index (κ3) is 3.12. The lowest BCUT2D eigenvalue weighted by atomic mass is 9.67. The molecule has 0 radical (unpaired) electrons. The first-order valence-electron chi connectivity index (χ1n) is 9.17. The van der Waals surface area contributed by atoms with Gasteiger partial charge in [-0.2, -0.15) is 0 Å². The summed E-state index contributed by atoms with van der Waals surface area (Å²) in [5.74, 6) is -3.93. The first-order chi connectivity index (χ1) is 14.7.